The molecule has 100 valence electrons. The standard InChI is InChI=1S/C13H19N3S.HI/c1-2-6-12(7-3-1)17-11-5-10-16-13-14-8-4-9-15-13;/h1-3,6-7H,4-5,8-11H2,(H2,14,15,16);1H. The molecule has 0 aliphatic carbocycles. The number of nitrogens with one attached hydrogen (secondary N) is 2. The van der Waals surface area contributed by atoms with Crippen molar-refractivity contribution in [2.75, 3.05) is 25.4 Å². The molecule has 0 amide bonds. The highest BCUT2D eigenvalue weighted by atomic mass is 127. The highest BCUT2D eigenvalue weighted by molar-refractivity contribution is 14.0. The van der Waals surface area contributed by atoms with E-state index in [1.165, 1.54) is 4.90 Å². The molecule has 0 radical (unpaired) electrons. The van der Waals surface area contributed by atoms with Gasteiger partial charge in [-0.2, -0.15) is 0 Å². The molecule has 2 N–H and O–H groups in total. The van der Waals surface area contributed by atoms with Crippen LogP contribution in [-0.4, -0.2) is 31.3 Å². The monoisotopic (exact) mass is 377 g/mol. The van der Waals surface area contributed by atoms with Crippen LogP contribution in [0.3, 0.4) is 0 Å². The van der Waals surface area contributed by atoms with Crippen molar-refractivity contribution in [3.05, 3.63) is 30.3 Å². The predicted octanol–water partition coefficient (Wildman–Crippen LogP) is 2.73. The van der Waals surface area contributed by atoms with Gasteiger partial charge in [-0.25, -0.2) is 0 Å². The Balaban J connectivity index is 0.00000162. The van der Waals surface area contributed by atoms with Gasteiger partial charge in [0.2, 0.25) is 0 Å². The van der Waals surface area contributed by atoms with Gasteiger partial charge in [-0.1, -0.05) is 18.2 Å². The molecule has 1 aromatic rings. The summed E-state index contributed by atoms with van der Waals surface area (Å²) < 4.78 is 0. The average molecular weight is 377 g/mol. The molecule has 1 aliphatic rings. The van der Waals surface area contributed by atoms with Gasteiger partial charge in [0.05, 0.1) is 0 Å². The quantitative estimate of drug-likeness (QED) is 0.471. The molecule has 1 aliphatic heterocycles. The van der Waals surface area contributed by atoms with Crippen molar-refractivity contribution in [3.63, 3.8) is 0 Å². The van der Waals surface area contributed by atoms with Crippen LogP contribution in [0.15, 0.2) is 40.2 Å². The Kier molecular flexibility index (Phi) is 8.24. The molecule has 2 rings (SSSR count). The molecule has 3 nitrogen and oxygen atoms in total. The number of aliphatic imine (C=N–C) groups is 1. The Labute approximate surface area is 130 Å². The van der Waals surface area contributed by atoms with E-state index in [-0.39, 0.29) is 24.0 Å². The summed E-state index contributed by atoms with van der Waals surface area (Å²) in [6.45, 7) is 2.99. The van der Waals surface area contributed by atoms with Gasteiger partial charge in [0.15, 0.2) is 5.96 Å². The summed E-state index contributed by atoms with van der Waals surface area (Å²) in [5.74, 6) is 2.12. The average Bonchev–Trinajstić information content (AvgIpc) is 2.41. The number of rotatable bonds is 5. The third-order valence-corrected chi connectivity index (χ3v) is 3.62. The highest BCUT2D eigenvalue weighted by Crippen LogP contribution is 2.17. The Morgan fingerprint density at radius 3 is 2.83 bits per heavy atom. The first kappa shape index (κ1) is 15.6. The maximum absolute atomic E-state index is 4.37. The lowest BCUT2D eigenvalue weighted by Gasteiger charge is -2.15. The zero-order valence-electron chi connectivity index (χ0n) is 10.4. The number of hydrogen-bond donors (Lipinski definition) is 2. The van der Waals surface area contributed by atoms with Crippen molar-refractivity contribution >= 4 is 41.7 Å². The van der Waals surface area contributed by atoms with E-state index in [1.54, 1.807) is 0 Å². The summed E-state index contributed by atoms with van der Waals surface area (Å²) >= 11 is 1.91. The van der Waals surface area contributed by atoms with Crippen molar-refractivity contribution in [2.45, 2.75) is 17.7 Å². The number of guanidine groups is 1. The number of halogens is 1. The minimum absolute atomic E-state index is 0. The highest BCUT2D eigenvalue weighted by Gasteiger charge is 2.01. The summed E-state index contributed by atoms with van der Waals surface area (Å²) in [7, 11) is 0. The molecule has 5 heteroatoms. The molecule has 1 aromatic carbocycles. The maximum atomic E-state index is 4.37. The van der Waals surface area contributed by atoms with Gasteiger partial charge in [-0.15, -0.1) is 35.7 Å². The second-order valence-corrected chi connectivity index (χ2v) is 5.12. The first-order valence-corrected chi connectivity index (χ1v) is 7.14. The van der Waals surface area contributed by atoms with E-state index in [0.717, 1.165) is 44.2 Å². The fourth-order valence-electron chi connectivity index (χ4n) is 1.64. The predicted molar refractivity (Wildman–Crippen MR) is 90.1 cm³/mol. The van der Waals surface area contributed by atoms with E-state index in [1.807, 2.05) is 11.8 Å². The number of benzene rings is 1. The van der Waals surface area contributed by atoms with Crippen LogP contribution in [-0.2, 0) is 0 Å². The lowest BCUT2D eigenvalue weighted by atomic mass is 10.4. The van der Waals surface area contributed by atoms with Gasteiger partial charge < -0.3 is 10.6 Å². The summed E-state index contributed by atoms with van der Waals surface area (Å²) in [4.78, 5) is 5.72. The van der Waals surface area contributed by atoms with E-state index >= 15 is 0 Å². The minimum atomic E-state index is 0. The smallest absolute Gasteiger partial charge is 0.191 e. The molecule has 0 atom stereocenters. The molecule has 0 saturated carbocycles. The summed E-state index contributed by atoms with van der Waals surface area (Å²) in [6, 6.07) is 10.5. The molecule has 0 aromatic heterocycles. The van der Waals surface area contributed by atoms with Crippen LogP contribution < -0.4 is 10.6 Å². The van der Waals surface area contributed by atoms with Crippen molar-refractivity contribution in [3.8, 4) is 0 Å². The van der Waals surface area contributed by atoms with Crippen molar-refractivity contribution < 1.29 is 0 Å². The Morgan fingerprint density at radius 2 is 2.11 bits per heavy atom. The van der Waals surface area contributed by atoms with Gasteiger partial charge in [-0.05, 0) is 30.7 Å². The zero-order chi connectivity index (χ0) is 11.8. The van der Waals surface area contributed by atoms with Crippen LogP contribution >= 0.6 is 35.7 Å². The van der Waals surface area contributed by atoms with Crippen LogP contribution in [0.25, 0.3) is 0 Å². The Hall–Kier alpha value is -0.430. The summed E-state index contributed by atoms with van der Waals surface area (Å²) in [5.41, 5.74) is 0. The van der Waals surface area contributed by atoms with Crippen LogP contribution in [0.2, 0.25) is 0 Å². The number of nitrogens with zero attached hydrogens (tertiary/aromatic N) is 1. The Bertz CT molecular complexity index is 357. The number of hydrogen-bond acceptors (Lipinski definition) is 4. The van der Waals surface area contributed by atoms with Gasteiger partial charge in [0, 0.05) is 24.5 Å². The van der Waals surface area contributed by atoms with Crippen LogP contribution in [0.4, 0.5) is 0 Å². The molecule has 0 spiro atoms. The fourth-order valence-corrected chi connectivity index (χ4v) is 2.51. The minimum Gasteiger partial charge on any atom is -0.356 e. The molecular formula is C13H20IN3S. The van der Waals surface area contributed by atoms with Crippen LogP contribution in [0.1, 0.15) is 12.8 Å². The van der Waals surface area contributed by atoms with E-state index in [2.05, 4.69) is 46.0 Å². The zero-order valence-corrected chi connectivity index (χ0v) is 13.5. The maximum Gasteiger partial charge on any atom is 0.191 e. The molecular weight excluding hydrogens is 357 g/mol. The molecule has 0 bridgehead atoms. The molecule has 0 unspecified atom stereocenters. The van der Waals surface area contributed by atoms with Crippen LogP contribution in [0, 0.1) is 0 Å². The van der Waals surface area contributed by atoms with E-state index in [9.17, 15) is 0 Å². The lowest BCUT2D eigenvalue weighted by Crippen LogP contribution is -2.41. The summed E-state index contributed by atoms with van der Waals surface area (Å²) in [5, 5.41) is 6.59. The van der Waals surface area contributed by atoms with Gasteiger partial charge >= 0.3 is 0 Å². The Morgan fingerprint density at radius 1 is 1.28 bits per heavy atom. The van der Waals surface area contributed by atoms with Gasteiger partial charge in [0.1, 0.15) is 0 Å². The third-order valence-electron chi connectivity index (χ3n) is 2.52. The van der Waals surface area contributed by atoms with Crippen molar-refractivity contribution in [2.24, 2.45) is 4.99 Å². The van der Waals surface area contributed by atoms with Crippen molar-refractivity contribution in [1.29, 1.82) is 0 Å². The van der Waals surface area contributed by atoms with Gasteiger partial charge in [-0.3, -0.25) is 4.99 Å². The second kappa shape index (κ2) is 9.49. The van der Waals surface area contributed by atoms with Crippen molar-refractivity contribution in [1.82, 2.24) is 10.6 Å². The van der Waals surface area contributed by atoms with E-state index in [4.69, 9.17) is 0 Å². The SMILES string of the molecule is I.c1ccc(SCCCNC2=NCCCN2)cc1. The molecule has 1 heterocycles. The van der Waals surface area contributed by atoms with E-state index in [0.29, 0.717) is 0 Å². The third kappa shape index (κ3) is 5.95. The first-order valence-electron chi connectivity index (χ1n) is 6.15. The lowest BCUT2D eigenvalue weighted by molar-refractivity contribution is 0.698. The normalized spacial score (nSPS) is 14.1. The molecule has 0 fully saturated rings. The molecule has 18 heavy (non-hydrogen) atoms. The summed E-state index contributed by atoms with van der Waals surface area (Å²) in [6.07, 6.45) is 2.30. The largest absolute Gasteiger partial charge is 0.356 e. The first-order chi connectivity index (χ1) is 8.45. The molecule has 0 saturated heterocycles. The van der Waals surface area contributed by atoms with Crippen LogP contribution in [0.5, 0.6) is 0 Å². The fraction of sp³-hybridized carbons (Fsp3) is 0.462. The van der Waals surface area contributed by atoms with E-state index < -0.39 is 0 Å². The second-order valence-electron chi connectivity index (χ2n) is 3.95. The van der Waals surface area contributed by atoms with Gasteiger partial charge in [0.25, 0.3) is 0 Å². The topological polar surface area (TPSA) is 36.4 Å². The number of thioether (sulfide) groups is 1.